The predicted octanol–water partition coefficient (Wildman–Crippen LogP) is 2.94. The van der Waals surface area contributed by atoms with Crippen molar-refractivity contribution in [2.45, 2.75) is 57.4 Å². The quantitative estimate of drug-likeness (QED) is 0.729. The molecule has 3 heteroatoms. The van der Waals surface area contributed by atoms with Gasteiger partial charge in [-0.25, -0.2) is 8.78 Å². The Balaban J connectivity index is 2.18. The van der Waals surface area contributed by atoms with Gasteiger partial charge in [0.25, 0.3) is 0 Å². The summed E-state index contributed by atoms with van der Waals surface area (Å²) in [7, 11) is 0. The van der Waals surface area contributed by atoms with Crippen LogP contribution < -0.4 is 5.73 Å². The maximum Gasteiger partial charge on any atom is 0.248 e. The van der Waals surface area contributed by atoms with Crippen molar-refractivity contribution in [1.82, 2.24) is 0 Å². The zero-order valence-corrected chi connectivity index (χ0v) is 8.23. The summed E-state index contributed by atoms with van der Waals surface area (Å²) in [6.45, 7) is 1.97. The maximum atomic E-state index is 12.8. The molecule has 1 aliphatic carbocycles. The van der Waals surface area contributed by atoms with Crippen molar-refractivity contribution in [3.63, 3.8) is 0 Å². The fourth-order valence-corrected chi connectivity index (χ4v) is 1.89. The van der Waals surface area contributed by atoms with Gasteiger partial charge in [-0.1, -0.05) is 0 Å². The molecule has 0 amide bonds. The molecular formula is C10H19F2N. The van der Waals surface area contributed by atoms with Crippen molar-refractivity contribution in [2.24, 2.45) is 11.7 Å². The van der Waals surface area contributed by atoms with Crippen molar-refractivity contribution in [3.8, 4) is 0 Å². The van der Waals surface area contributed by atoms with Gasteiger partial charge in [0.15, 0.2) is 0 Å². The molecule has 0 aliphatic heterocycles. The lowest BCUT2D eigenvalue weighted by molar-refractivity contribution is -0.0467. The first-order valence-electron chi connectivity index (χ1n) is 5.13. The summed E-state index contributed by atoms with van der Waals surface area (Å²) in [6, 6.07) is 0.211. The monoisotopic (exact) mass is 191 g/mol. The van der Waals surface area contributed by atoms with Crippen LogP contribution in [0.1, 0.15) is 45.4 Å². The molecule has 2 N–H and O–H groups in total. The third-order valence-corrected chi connectivity index (χ3v) is 2.87. The van der Waals surface area contributed by atoms with E-state index in [1.165, 1.54) is 0 Å². The van der Waals surface area contributed by atoms with Crippen LogP contribution in [0.4, 0.5) is 8.78 Å². The summed E-state index contributed by atoms with van der Waals surface area (Å²) in [5.74, 6) is -1.89. The van der Waals surface area contributed by atoms with Crippen molar-refractivity contribution in [1.29, 1.82) is 0 Å². The second-order valence-corrected chi connectivity index (χ2v) is 4.35. The highest BCUT2D eigenvalue weighted by atomic mass is 19.3. The van der Waals surface area contributed by atoms with Gasteiger partial charge in [0, 0.05) is 18.9 Å². The zero-order chi connectivity index (χ0) is 9.90. The van der Waals surface area contributed by atoms with E-state index in [1.807, 2.05) is 6.92 Å². The van der Waals surface area contributed by atoms with Crippen LogP contribution in [0, 0.1) is 5.92 Å². The second kappa shape index (κ2) is 4.36. The molecule has 0 saturated heterocycles. The van der Waals surface area contributed by atoms with Gasteiger partial charge in [0.2, 0.25) is 5.92 Å². The molecule has 1 nitrogen and oxygen atoms in total. The maximum absolute atomic E-state index is 12.8. The van der Waals surface area contributed by atoms with Gasteiger partial charge in [0.1, 0.15) is 0 Å². The van der Waals surface area contributed by atoms with Gasteiger partial charge < -0.3 is 5.73 Å². The summed E-state index contributed by atoms with van der Waals surface area (Å²) in [5, 5.41) is 0. The van der Waals surface area contributed by atoms with E-state index in [0.717, 1.165) is 12.8 Å². The molecule has 1 fully saturated rings. The molecule has 0 radical (unpaired) electrons. The van der Waals surface area contributed by atoms with Gasteiger partial charge in [-0.2, -0.15) is 0 Å². The van der Waals surface area contributed by atoms with E-state index in [-0.39, 0.29) is 18.9 Å². The molecule has 1 saturated carbocycles. The fraction of sp³-hybridized carbons (Fsp3) is 1.00. The minimum atomic E-state index is -2.38. The summed E-state index contributed by atoms with van der Waals surface area (Å²) in [6.07, 6.45) is 3.51. The summed E-state index contributed by atoms with van der Waals surface area (Å²) in [4.78, 5) is 0. The molecule has 13 heavy (non-hydrogen) atoms. The van der Waals surface area contributed by atoms with Crippen LogP contribution in [0.15, 0.2) is 0 Å². The molecule has 0 unspecified atom stereocenters. The molecule has 0 aromatic rings. The van der Waals surface area contributed by atoms with E-state index >= 15 is 0 Å². The van der Waals surface area contributed by atoms with Gasteiger partial charge in [0.05, 0.1) is 0 Å². The Morgan fingerprint density at radius 2 is 1.92 bits per heavy atom. The summed E-state index contributed by atoms with van der Waals surface area (Å²) in [5.41, 5.74) is 5.61. The van der Waals surface area contributed by atoms with Crippen LogP contribution >= 0.6 is 0 Å². The largest absolute Gasteiger partial charge is 0.328 e. The smallest absolute Gasteiger partial charge is 0.248 e. The lowest BCUT2D eigenvalue weighted by Crippen LogP contribution is -2.25. The molecule has 78 valence electrons. The highest BCUT2D eigenvalue weighted by molar-refractivity contribution is 4.77. The average molecular weight is 191 g/mol. The Morgan fingerprint density at radius 1 is 1.38 bits per heavy atom. The molecule has 0 bridgehead atoms. The number of alkyl halides is 2. The summed E-state index contributed by atoms with van der Waals surface area (Å²) >= 11 is 0. The molecule has 1 aliphatic rings. The predicted molar refractivity (Wildman–Crippen MR) is 49.8 cm³/mol. The average Bonchev–Trinajstić information content (AvgIpc) is 2.02. The first kappa shape index (κ1) is 10.9. The highest BCUT2D eigenvalue weighted by Gasteiger charge is 2.34. The lowest BCUT2D eigenvalue weighted by Gasteiger charge is -2.28. The summed E-state index contributed by atoms with van der Waals surface area (Å²) < 4.78 is 25.5. The number of hydrogen-bond donors (Lipinski definition) is 1. The van der Waals surface area contributed by atoms with E-state index in [9.17, 15) is 8.78 Å². The first-order valence-corrected chi connectivity index (χ1v) is 5.13. The molecule has 0 heterocycles. The van der Waals surface area contributed by atoms with Crippen LogP contribution in [0.3, 0.4) is 0 Å². The van der Waals surface area contributed by atoms with E-state index < -0.39 is 5.92 Å². The molecule has 1 rings (SSSR count). The van der Waals surface area contributed by atoms with Crippen molar-refractivity contribution in [2.75, 3.05) is 0 Å². The fourth-order valence-electron chi connectivity index (χ4n) is 1.89. The lowest BCUT2D eigenvalue weighted by atomic mass is 9.83. The number of hydrogen-bond acceptors (Lipinski definition) is 1. The third kappa shape index (κ3) is 4.03. The second-order valence-electron chi connectivity index (χ2n) is 4.35. The standard InChI is InChI=1S/C10H19F2N/c1-8(13)2-3-9-4-6-10(11,12)7-5-9/h8-9H,2-7,13H2,1H3/t8-/m0/s1. The SMILES string of the molecule is C[C@H](N)CCC1CCC(F)(F)CC1. The molecule has 0 aromatic heterocycles. The number of nitrogens with two attached hydrogens (primary N) is 1. The Kier molecular flexibility index (Phi) is 3.65. The van der Waals surface area contributed by atoms with E-state index in [0.29, 0.717) is 18.8 Å². The molecule has 0 spiro atoms. The van der Waals surface area contributed by atoms with Crippen LogP contribution in [0.25, 0.3) is 0 Å². The normalized spacial score (nSPS) is 25.8. The molecule has 0 aromatic carbocycles. The molecular weight excluding hydrogens is 172 g/mol. The van der Waals surface area contributed by atoms with Crippen LogP contribution in [-0.2, 0) is 0 Å². The Bertz CT molecular complexity index is 144. The van der Waals surface area contributed by atoms with Crippen LogP contribution in [-0.4, -0.2) is 12.0 Å². The topological polar surface area (TPSA) is 26.0 Å². The Labute approximate surface area is 78.7 Å². The van der Waals surface area contributed by atoms with E-state index in [1.54, 1.807) is 0 Å². The van der Waals surface area contributed by atoms with E-state index in [2.05, 4.69) is 0 Å². The van der Waals surface area contributed by atoms with E-state index in [4.69, 9.17) is 5.73 Å². The van der Waals surface area contributed by atoms with Crippen molar-refractivity contribution in [3.05, 3.63) is 0 Å². The van der Waals surface area contributed by atoms with Crippen LogP contribution in [0.5, 0.6) is 0 Å². The Hall–Kier alpha value is -0.180. The van der Waals surface area contributed by atoms with Crippen molar-refractivity contribution >= 4 is 0 Å². The molecule has 1 atom stereocenters. The zero-order valence-electron chi connectivity index (χ0n) is 8.23. The first-order chi connectivity index (χ1) is 5.99. The minimum absolute atomic E-state index is 0.0800. The number of halogens is 2. The van der Waals surface area contributed by atoms with Gasteiger partial charge in [-0.3, -0.25) is 0 Å². The van der Waals surface area contributed by atoms with Gasteiger partial charge >= 0.3 is 0 Å². The third-order valence-electron chi connectivity index (χ3n) is 2.87. The van der Waals surface area contributed by atoms with Crippen LogP contribution in [0.2, 0.25) is 0 Å². The minimum Gasteiger partial charge on any atom is -0.328 e. The number of rotatable bonds is 3. The van der Waals surface area contributed by atoms with Crippen molar-refractivity contribution < 1.29 is 8.78 Å². The highest BCUT2D eigenvalue weighted by Crippen LogP contribution is 2.37. The van der Waals surface area contributed by atoms with Gasteiger partial charge in [-0.05, 0) is 38.5 Å². The Morgan fingerprint density at radius 3 is 2.38 bits per heavy atom. The van der Waals surface area contributed by atoms with Gasteiger partial charge in [-0.15, -0.1) is 0 Å².